The van der Waals surface area contributed by atoms with Crippen LogP contribution in [0.4, 0.5) is 9.18 Å². The van der Waals surface area contributed by atoms with Crippen molar-refractivity contribution < 1.29 is 28.3 Å². The molecule has 3 aromatic rings. The second-order valence-corrected chi connectivity index (χ2v) is 9.31. The van der Waals surface area contributed by atoms with E-state index in [4.69, 9.17) is 19.1 Å². The first-order chi connectivity index (χ1) is 17.0. The van der Waals surface area contributed by atoms with Crippen LogP contribution in [0.15, 0.2) is 53.1 Å². The number of rotatable bonds is 8. The molecule has 2 aromatic carbocycles. The van der Waals surface area contributed by atoms with Crippen molar-refractivity contribution in [3.8, 4) is 11.4 Å². The van der Waals surface area contributed by atoms with Gasteiger partial charge in [-0.05, 0) is 42.5 Å². The van der Waals surface area contributed by atoms with Crippen molar-refractivity contribution in [1.82, 2.24) is 15.0 Å². The molecule has 0 spiro atoms. The molecule has 0 unspecified atom stereocenters. The monoisotopic (exact) mass is 481 g/mol. The highest BCUT2D eigenvalue weighted by molar-refractivity contribution is 5.57. The fourth-order valence-corrected chi connectivity index (χ4v) is 4.95. The molecule has 1 aromatic heterocycles. The van der Waals surface area contributed by atoms with E-state index >= 15 is 0 Å². The molecule has 0 radical (unpaired) electrons. The summed E-state index contributed by atoms with van der Waals surface area (Å²) < 4.78 is 29.4. The Balaban J connectivity index is 1.19. The molecule has 0 bridgehead atoms. The number of likely N-dealkylation sites (tertiary alicyclic amines) is 1. The highest BCUT2D eigenvalue weighted by Crippen LogP contribution is 2.39. The third-order valence-electron chi connectivity index (χ3n) is 7.00. The van der Waals surface area contributed by atoms with Crippen molar-refractivity contribution in [1.29, 1.82) is 0 Å². The van der Waals surface area contributed by atoms with E-state index in [-0.39, 0.29) is 17.3 Å². The van der Waals surface area contributed by atoms with Crippen LogP contribution in [-0.4, -0.2) is 58.7 Å². The summed E-state index contributed by atoms with van der Waals surface area (Å²) in [6, 6.07) is 14.8. The lowest BCUT2D eigenvalue weighted by Gasteiger charge is -2.37. The van der Waals surface area contributed by atoms with E-state index in [1.807, 2.05) is 36.4 Å². The molecule has 0 atom stereocenters. The van der Waals surface area contributed by atoms with E-state index in [1.54, 1.807) is 0 Å². The number of hydrogen-bond donors (Lipinski definition) is 1. The third kappa shape index (κ3) is 5.52. The molecule has 3 heterocycles. The fourth-order valence-electron chi connectivity index (χ4n) is 4.95. The van der Waals surface area contributed by atoms with Crippen LogP contribution in [0.2, 0.25) is 0 Å². The summed E-state index contributed by atoms with van der Waals surface area (Å²) in [6.45, 7) is 3.31. The molecule has 2 saturated heterocycles. The molecule has 0 saturated carbocycles. The number of carboxylic acid groups (broad SMARTS) is 1. The van der Waals surface area contributed by atoms with Gasteiger partial charge in [0.25, 0.3) is 0 Å². The normalized spacial score (nSPS) is 18.2. The zero-order valence-electron chi connectivity index (χ0n) is 19.4. The van der Waals surface area contributed by atoms with E-state index in [9.17, 15) is 9.18 Å². The third-order valence-corrected chi connectivity index (χ3v) is 7.00. The molecule has 2 fully saturated rings. The van der Waals surface area contributed by atoms with Crippen LogP contribution in [-0.2, 0) is 27.9 Å². The minimum atomic E-state index is -1.23. The maximum absolute atomic E-state index is 13.5. The van der Waals surface area contributed by atoms with Crippen molar-refractivity contribution in [3.05, 3.63) is 71.4 Å². The first kappa shape index (κ1) is 23.4. The Hall–Kier alpha value is -3.30. The maximum Gasteiger partial charge on any atom is 0.506 e. The van der Waals surface area contributed by atoms with E-state index in [0.29, 0.717) is 44.4 Å². The van der Waals surface area contributed by atoms with Gasteiger partial charge in [0.1, 0.15) is 11.9 Å². The number of carbonyl (C=O) groups is 1. The molecule has 9 heteroatoms. The van der Waals surface area contributed by atoms with Crippen molar-refractivity contribution in [3.63, 3.8) is 0 Å². The molecular formula is C26H28FN3O5. The second-order valence-electron chi connectivity index (χ2n) is 9.31. The summed E-state index contributed by atoms with van der Waals surface area (Å²) in [6.07, 6.45) is 1.75. The number of aromatic nitrogens is 2. The highest BCUT2D eigenvalue weighted by Gasteiger charge is 2.35. The average Bonchev–Trinajstić information content (AvgIpc) is 3.32. The standard InChI is InChI=1S/C26H28FN3O5/c27-21-7-5-20(6-8-21)26(11-13-33-14-12-26)10-9-23-28-24(29-35-23)19-3-1-18(2-4-19)15-30-16-22(17-30)34-25(31)32/h1-8,22H,9-17H2,(H,31,32). The smallest absolute Gasteiger partial charge is 0.450 e. The van der Waals surface area contributed by atoms with Crippen molar-refractivity contribution in [2.45, 2.75) is 43.7 Å². The predicted molar refractivity (Wildman–Crippen MR) is 124 cm³/mol. The zero-order valence-corrected chi connectivity index (χ0v) is 19.4. The van der Waals surface area contributed by atoms with Crippen LogP contribution in [0.1, 0.15) is 36.3 Å². The molecule has 0 aliphatic carbocycles. The zero-order chi connectivity index (χ0) is 24.3. The molecule has 1 N–H and O–H groups in total. The SMILES string of the molecule is O=C(O)OC1CN(Cc2ccc(-c3noc(CCC4(c5ccc(F)cc5)CCOCC4)n3)cc2)C1. The van der Waals surface area contributed by atoms with Gasteiger partial charge in [-0.15, -0.1) is 0 Å². The van der Waals surface area contributed by atoms with Crippen molar-refractivity contribution >= 4 is 6.16 Å². The Kier molecular flexibility index (Phi) is 6.79. The minimum Gasteiger partial charge on any atom is -0.450 e. The first-order valence-electron chi connectivity index (χ1n) is 11.9. The number of hydrogen-bond acceptors (Lipinski definition) is 7. The van der Waals surface area contributed by atoms with Gasteiger partial charge >= 0.3 is 6.16 Å². The Labute approximate surface area is 202 Å². The van der Waals surface area contributed by atoms with Gasteiger partial charge in [-0.2, -0.15) is 4.98 Å². The van der Waals surface area contributed by atoms with Crippen LogP contribution in [0.3, 0.4) is 0 Å². The van der Waals surface area contributed by atoms with Gasteiger partial charge < -0.3 is 19.1 Å². The lowest BCUT2D eigenvalue weighted by molar-refractivity contribution is -0.0363. The molecule has 184 valence electrons. The Morgan fingerprint density at radius 3 is 2.51 bits per heavy atom. The van der Waals surface area contributed by atoms with E-state index < -0.39 is 6.16 Å². The van der Waals surface area contributed by atoms with E-state index in [0.717, 1.165) is 42.5 Å². The Morgan fingerprint density at radius 1 is 1.11 bits per heavy atom. The van der Waals surface area contributed by atoms with E-state index in [1.165, 1.54) is 12.1 Å². The van der Waals surface area contributed by atoms with Crippen molar-refractivity contribution in [2.75, 3.05) is 26.3 Å². The van der Waals surface area contributed by atoms with Gasteiger partial charge in [0.05, 0.1) is 0 Å². The molecule has 8 nitrogen and oxygen atoms in total. The van der Waals surface area contributed by atoms with Gasteiger partial charge in [-0.1, -0.05) is 41.6 Å². The Morgan fingerprint density at radius 2 is 1.83 bits per heavy atom. The molecule has 2 aliphatic heterocycles. The summed E-state index contributed by atoms with van der Waals surface area (Å²) in [5.74, 6) is 0.903. The highest BCUT2D eigenvalue weighted by atomic mass is 19.1. The molecule has 5 rings (SSSR count). The van der Waals surface area contributed by atoms with Gasteiger partial charge in [0.2, 0.25) is 11.7 Å². The fraction of sp³-hybridized carbons (Fsp3) is 0.423. The van der Waals surface area contributed by atoms with Gasteiger partial charge in [-0.3, -0.25) is 4.90 Å². The van der Waals surface area contributed by atoms with Crippen LogP contribution < -0.4 is 0 Å². The van der Waals surface area contributed by atoms with Crippen molar-refractivity contribution in [2.24, 2.45) is 0 Å². The predicted octanol–water partition coefficient (Wildman–Crippen LogP) is 4.44. The number of aryl methyl sites for hydroxylation is 1. The van der Waals surface area contributed by atoms with Crippen LogP contribution in [0, 0.1) is 5.82 Å². The van der Waals surface area contributed by atoms with E-state index in [2.05, 4.69) is 15.0 Å². The minimum absolute atomic E-state index is 0.0897. The summed E-state index contributed by atoms with van der Waals surface area (Å²) in [7, 11) is 0. The van der Waals surface area contributed by atoms with Gasteiger partial charge in [0.15, 0.2) is 0 Å². The summed E-state index contributed by atoms with van der Waals surface area (Å²) >= 11 is 0. The molecule has 35 heavy (non-hydrogen) atoms. The van der Waals surface area contributed by atoms with Crippen LogP contribution >= 0.6 is 0 Å². The lowest BCUT2D eigenvalue weighted by atomic mass is 9.71. The maximum atomic E-state index is 13.5. The van der Waals surface area contributed by atoms with Gasteiger partial charge in [-0.25, -0.2) is 9.18 Å². The first-order valence-corrected chi connectivity index (χ1v) is 11.9. The largest absolute Gasteiger partial charge is 0.506 e. The second kappa shape index (κ2) is 10.1. The van der Waals surface area contributed by atoms with Crippen LogP contribution in [0.25, 0.3) is 11.4 Å². The van der Waals surface area contributed by atoms with Crippen LogP contribution in [0.5, 0.6) is 0 Å². The topological polar surface area (TPSA) is 97.9 Å². The average molecular weight is 482 g/mol. The molecule has 0 amide bonds. The summed E-state index contributed by atoms with van der Waals surface area (Å²) in [4.78, 5) is 17.3. The summed E-state index contributed by atoms with van der Waals surface area (Å²) in [5, 5.41) is 12.8. The number of benzene rings is 2. The lowest BCUT2D eigenvalue weighted by Crippen LogP contribution is -2.52. The number of halogens is 1. The summed E-state index contributed by atoms with van der Waals surface area (Å²) in [5.41, 5.74) is 3.03. The number of nitrogens with zero attached hydrogens (tertiary/aromatic N) is 3. The Bertz CT molecular complexity index is 1140. The van der Waals surface area contributed by atoms with Gasteiger partial charge in [0, 0.05) is 50.2 Å². The molecule has 2 aliphatic rings. The number of ether oxygens (including phenoxy) is 2. The molecular weight excluding hydrogens is 453 g/mol. The quantitative estimate of drug-likeness (QED) is 0.472.